The molecule has 20 heavy (non-hydrogen) atoms. The second-order valence-corrected chi connectivity index (χ2v) is 5.50. The summed E-state index contributed by atoms with van der Waals surface area (Å²) in [4.78, 5) is 22.7. The van der Waals surface area contributed by atoms with Crippen LogP contribution < -0.4 is 5.32 Å². The van der Waals surface area contributed by atoms with Gasteiger partial charge in [0.15, 0.2) is 0 Å². The van der Waals surface area contributed by atoms with Gasteiger partial charge in [0.1, 0.15) is 0 Å². The van der Waals surface area contributed by atoms with Gasteiger partial charge in [-0.25, -0.2) is 4.79 Å². The standard InChI is InChI=1S/C10H16N2O.C2HF3O2/c13-10(7-1-2-7)12-5-8-3-11-4-9(8)6-12;3-2(4,5)1(6)7/h7-9,11H,1-6H2;(H,6,7). The monoisotopic (exact) mass is 294 g/mol. The molecule has 114 valence electrons. The number of alkyl halides is 3. The highest BCUT2D eigenvalue weighted by Gasteiger charge is 2.42. The van der Waals surface area contributed by atoms with Crippen molar-refractivity contribution in [2.45, 2.75) is 19.0 Å². The lowest BCUT2D eigenvalue weighted by molar-refractivity contribution is -0.192. The van der Waals surface area contributed by atoms with E-state index in [1.165, 1.54) is 0 Å². The number of nitrogens with one attached hydrogen (secondary N) is 1. The minimum absolute atomic E-state index is 0.409. The van der Waals surface area contributed by atoms with E-state index < -0.39 is 12.1 Å². The second kappa shape index (κ2) is 5.59. The SMILES string of the molecule is O=C(C1CC1)N1CC2CNCC2C1.O=C(O)C(F)(F)F. The molecule has 0 aromatic rings. The molecule has 2 saturated heterocycles. The maximum absolute atomic E-state index is 11.7. The number of rotatable bonds is 1. The molecule has 0 radical (unpaired) electrons. The van der Waals surface area contributed by atoms with Crippen LogP contribution >= 0.6 is 0 Å². The maximum atomic E-state index is 11.7. The Morgan fingerprint density at radius 1 is 1.10 bits per heavy atom. The molecule has 0 spiro atoms. The first-order chi connectivity index (χ1) is 9.29. The fourth-order valence-electron chi connectivity index (χ4n) is 2.62. The summed E-state index contributed by atoms with van der Waals surface area (Å²) >= 11 is 0. The predicted octanol–water partition coefficient (Wildman–Crippen LogP) is 0.708. The van der Waals surface area contributed by atoms with Crippen molar-refractivity contribution in [2.24, 2.45) is 17.8 Å². The third-order valence-electron chi connectivity index (χ3n) is 3.87. The van der Waals surface area contributed by atoms with Gasteiger partial charge >= 0.3 is 12.1 Å². The van der Waals surface area contributed by atoms with E-state index in [0.717, 1.165) is 50.9 Å². The summed E-state index contributed by atoms with van der Waals surface area (Å²) in [7, 11) is 0. The van der Waals surface area contributed by atoms with Crippen LogP contribution in [0.15, 0.2) is 0 Å². The Bertz CT molecular complexity index is 384. The van der Waals surface area contributed by atoms with E-state index in [0.29, 0.717) is 11.8 Å². The van der Waals surface area contributed by atoms with Crippen molar-refractivity contribution in [3.63, 3.8) is 0 Å². The molecule has 3 fully saturated rings. The Kier molecular flexibility index (Phi) is 4.22. The molecule has 8 heteroatoms. The van der Waals surface area contributed by atoms with Crippen LogP contribution in [0.5, 0.6) is 0 Å². The summed E-state index contributed by atoms with van der Waals surface area (Å²) in [6.45, 7) is 4.29. The Morgan fingerprint density at radius 2 is 1.55 bits per heavy atom. The largest absolute Gasteiger partial charge is 0.490 e. The van der Waals surface area contributed by atoms with Crippen molar-refractivity contribution in [3.8, 4) is 0 Å². The topological polar surface area (TPSA) is 69.6 Å². The van der Waals surface area contributed by atoms with E-state index >= 15 is 0 Å². The highest BCUT2D eigenvalue weighted by molar-refractivity contribution is 5.81. The van der Waals surface area contributed by atoms with E-state index in [4.69, 9.17) is 9.90 Å². The van der Waals surface area contributed by atoms with Crippen molar-refractivity contribution in [2.75, 3.05) is 26.2 Å². The maximum Gasteiger partial charge on any atom is 0.490 e. The average molecular weight is 294 g/mol. The van der Waals surface area contributed by atoms with Crippen LogP contribution in [0, 0.1) is 17.8 Å². The normalized spacial score (nSPS) is 28.6. The molecule has 1 aliphatic carbocycles. The number of nitrogens with zero attached hydrogens (tertiary/aromatic N) is 1. The molecular weight excluding hydrogens is 277 g/mol. The van der Waals surface area contributed by atoms with Gasteiger partial charge in [-0.05, 0) is 24.7 Å². The third-order valence-corrected chi connectivity index (χ3v) is 3.87. The molecule has 0 bridgehead atoms. The Morgan fingerprint density at radius 3 is 1.90 bits per heavy atom. The van der Waals surface area contributed by atoms with Crippen molar-refractivity contribution >= 4 is 11.9 Å². The number of hydrogen-bond donors (Lipinski definition) is 2. The molecule has 2 atom stereocenters. The zero-order valence-corrected chi connectivity index (χ0v) is 10.8. The van der Waals surface area contributed by atoms with Gasteiger partial charge in [-0.2, -0.15) is 13.2 Å². The molecule has 1 amide bonds. The number of aliphatic carboxylic acids is 1. The summed E-state index contributed by atoms with van der Waals surface area (Å²) in [5, 5.41) is 10.5. The predicted molar refractivity (Wildman–Crippen MR) is 62.8 cm³/mol. The number of hydrogen-bond acceptors (Lipinski definition) is 3. The third kappa shape index (κ3) is 3.62. The minimum atomic E-state index is -5.08. The van der Waals surface area contributed by atoms with Gasteiger partial charge in [0.25, 0.3) is 0 Å². The van der Waals surface area contributed by atoms with Crippen LogP contribution in [-0.4, -0.2) is 54.2 Å². The van der Waals surface area contributed by atoms with Crippen LogP contribution in [0.2, 0.25) is 0 Å². The molecule has 5 nitrogen and oxygen atoms in total. The number of likely N-dealkylation sites (tertiary alicyclic amines) is 1. The number of carbonyl (C=O) groups excluding carboxylic acids is 1. The zero-order valence-electron chi connectivity index (χ0n) is 10.8. The van der Waals surface area contributed by atoms with Gasteiger partial charge in [-0.3, -0.25) is 4.79 Å². The fraction of sp³-hybridized carbons (Fsp3) is 0.833. The molecule has 0 aromatic heterocycles. The number of carbonyl (C=O) groups is 2. The zero-order chi connectivity index (χ0) is 14.9. The van der Waals surface area contributed by atoms with Crippen LogP contribution in [0.4, 0.5) is 13.2 Å². The van der Waals surface area contributed by atoms with Crippen LogP contribution in [0.25, 0.3) is 0 Å². The van der Waals surface area contributed by atoms with Crippen molar-refractivity contribution < 1.29 is 27.9 Å². The fourth-order valence-corrected chi connectivity index (χ4v) is 2.62. The lowest BCUT2D eigenvalue weighted by atomic mass is 10.0. The van der Waals surface area contributed by atoms with E-state index in [9.17, 15) is 18.0 Å². The summed E-state index contributed by atoms with van der Waals surface area (Å²) in [6.07, 6.45) is -2.80. The number of carboxylic acid groups (broad SMARTS) is 1. The summed E-state index contributed by atoms with van der Waals surface area (Å²) in [5.41, 5.74) is 0. The van der Waals surface area contributed by atoms with Crippen molar-refractivity contribution in [3.05, 3.63) is 0 Å². The second-order valence-electron chi connectivity index (χ2n) is 5.50. The first-order valence-corrected chi connectivity index (χ1v) is 6.58. The molecule has 2 unspecified atom stereocenters. The quantitative estimate of drug-likeness (QED) is 0.747. The van der Waals surface area contributed by atoms with Gasteiger partial charge in [0.2, 0.25) is 5.91 Å². The summed E-state index contributed by atoms with van der Waals surface area (Å²) in [5.74, 6) is -0.404. The van der Waals surface area contributed by atoms with E-state index in [2.05, 4.69) is 10.2 Å². The highest BCUT2D eigenvalue weighted by atomic mass is 19.4. The van der Waals surface area contributed by atoms with Crippen LogP contribution in [0.1, 0.15) is 12.8 Å². The van der Waals surface area contributed by atoms with Gasteiger partial charge < -0.3 is 15.3 Å². The molecule has 2 N–H and O–H groups in total. The van der Waals surface area contributed by atoms with E-state index in [-0.39, 0.29) is 0 Å². The van der Waals surface area contributed by atoms with E-state index in [1.54, 1.807) is 0 Å². The lowest BCUT2D eigenvalue weighted by Crippen LogP contribution is -2.32. The number of fused-ring (bicyclic) bond motifs is 1. The first kappa shape index (κ1) is 15.1. The Hall–Kier alpha value is -1.31. The molecule has 2 aliphatic heterocycles. The van der Waals surface area contributed by atoms with Crippen LogP contribution in [-0.2, 0) is 9.59 Å². The number of halogens is 3. The highest BCUT2D eigenvalue weighted by Crippen LogP contribution is 2.34. The Labute approximate surface area is 114 Å². The molecular formula is C12H17F3N2O3. The van der Waals surface area contributed by atoms with Gasteiger partial charge in [0, 0.05) is 32.1 Å². The first-order valence-electron chi connectivity index (χ1n) is 6.58. The minimum Gasteiger partial charge on any atom is -0.475 e. The van der Waals surface area contributed by atoms with Crippen LogP contribution in [0.3, 0.4) is 0 Å². The molecule has 0 aromatic carbocycles. The molecule has 3 rings (SSSR count). The van der Waals surface area contributed by atoms with E-state index in [1.807, 2.05) is 0 Å². The van der Waals surface area contributed by atoms with Gasteiger partial charge in [-0.1, -0.05) is 0 Å². The smallest absolute Gasteiger partial charge is 0.475 e. The van der Waals surface area contributed by atoms with Crippen molar-refractivity contribution in [1.82, 2.24) is 10.2 Å². The van der Waals surface area contributed by atoms with Gasteiger partial charge in [0.05, 0.1) is 0 Å². The van der Waals surface area contributed by atoms with Crippen molar-refractivity contribution in [1.29, 1.82) is 0 Å². The summed E-state index contributed by atoms with van der Waals surface area (Å²) in [6, 6.07) is 0. The molecule has 1 saturated carbocycles. The lowest BCUT2D eigenvalue weighted by Gasteiger charge is -2.16. The number of carboxylic acids is 1. The summed E-state index contributed by atoms with van der Waals surface area (Å²) < 4.78 is 31.7. The molecule has 2 heterocycles. The van der Waals surface area contributed by atoms with Gasteiger partial charge in [-0.15, -0.1) is 0 Å². The Balaban J connectivity index is 0.000000182. The molecule has 3 aliphatic rings. The number of amides is 1. The average Bonchev–Trinajstić information content (AvgIpc) is 2.96.